The van der Waals surface area contributed by atoms with Crippen LogP contribution in [0.4, 0.5) is 16.0 Å². The van der Waals surface area contributed by atoms with Gasteiger partial charge in [-0.2, -0.15) is 5.26 Å². The number of para-hydroxylation sites is 1. The number of piperazine rings is 1. The number of halogens is 1. The first-order chi connectivity index (χ1) is 21.7. The molecule has 2 aliphatic rings. The van der Waals surface area contributed by atoms with E-state index in [0.717, 1.165) is 32.6 Å². The van der Waals surface area contributed by atoms with Crippen LogP contribution in [-0.4, -0.2) is 82.2 Å². The summed E-state index contributed by atoms with van der Waals surface area (Å²) >= 11 is 0. The van der Waals surface area contributed by atoms with E-state index in [1.54, 1.807) is 29.2 Å². The molecule has 3 aromatic rings. The van der Waals surface area contributed by atoms with Gasteiger partial charge in [0.15, 0.2) is 0 Å². The first kappa shape index (κ1) is 31.6. The summed E-state index contributed by atoms with van der Waals surface area (Å²) in [5.74, 6) is 0.174. The van der Waals surface area contributed by atoms with Gasteiger partial charge < -0.3 is 26.0 Å². The molecule has 45 heavy (non-hydrogen) atoms. The van der Waals surface area contributed by atoms with Crippen molar-refractivity contribution >= 4 is 23.3 Å². The average molecular weight is 612 g/mol. The number of likely N-dealkylation sites (tertiary alicyclic amines) is 1. The predicted molar refractivity (Wildman–Crippen MR) is 171 cm³/mol. The molecule has 1 amide bonds. The molecule has 2 aromatic carbocycles. The second-order valence-corrected chi connectivity index (χ2v) is 11.7. The second-order valence-electron chi connectivity index (χ2n) is 11.7. The highest BCUT2D eigenvalue weighted by Crippen LogP contribution is 2.29. The summed E-state index contributed by atoms with van der Waals surface area (Å²) in [6.45, 7) is 8.27. The third kappa shape index (κ3) is 7.45. The van der Waals surface area contributed by atoms with Gasteiger partial charge in [-0.1, -0.05) is 18.2 Å². The maximum absolute atomic E-state index is 15.3. The van der Waals surface area contributed by atoms with E-state index in [2.05, 4.69) is 31.6 Å². The fourth-order valence-corrected chi connectivity index (χ4v) is 5.75. The van der Waals surface area contributed by atoms with E-state index >= 15 is 4.39 Å². The van der Waals surface area contributed by atoms with Crippen molar-refractivity contribution < 1.29 is 13.9 Å². The number of ether oxygens (including phenoxy) is 1. The molecule has 0 saturated carbocycles. The number of carbonyl (C=O) groups is 1. The summed E-state index contributed by atoms with van der Waals surface area (Å²) in [7, 11) is 0. The zero-order valence-electron chi connectivity index (χ0n) is 25.5. The van der Waals surface area contributed by atoms with Gasteiger partial charge in [0.25, 0.3) is 5.91 Å². The highest BCUT2D eigenvalue weighted by Gasteiger charge is 2.31. The second kappa shape index (κ2) is 13.8. The number of nitrogens with two attached hydrogens (primary N) is 1. The van der Waals surface area contributed by atoms with Gasteiger partial charge in [-0.05, 0) is 57.0 Å². The lowest BCUT2D eigenvalue weighted by Crippen LogP contribution is -2.53. The molecule has 2 aliphatic heterocycles. The smallest absolute Gasteiger partial charge is 0.264 e. The lowest BCUT2D eigenvalue weighted by atomic mass is 9.96. The summed E-state index contributed by atoms with van der Waals surface area (Å²) in [5.41, 5.74) is 5.85. The van der Waals surface area contributed by atoms with E-state index in [1.165, 1.54) is 18.5 Å². The standard InChI is InChI=1S/C33H38FN9O2/c1-33(2,43-15-12-38-13-16-43)18-22(19-35)32(44)42-14-6-7-23(20-42)41-31-28(30(37)39-21-40-31)29(36)26-11-10-25(17-27(26)34)45-24-8-4-3-5-9-24/h3-5,8-11,17-18,21,23,36,38H,6-7,12-16,20H2,1-2H3,(H3,37,39,40,41)/b22-18-,36-29?. The molecule has 3 heterocycles. The fraction of sp³-hybridized carbons (Fsp3) is 0.364. The number of nitrogens with zero attached hydrogens (tertiary/aromatic N) is 5. The van der Waals surface area contributed by atoms with Crippen molar-refractivity contribution in [2.45, 2.75) is 38.3 Å². The van der Waals surface area contributed by atoms with Crippen LogP contribution in [0.15, 0.2) is 66.5 Å². The van der Waals surface area contributed by atoms with Crippen LogP contribution in [0, 0.1) is 22.6 Å². The van der Waals surface area contributed by atoms with Gasteiger partial charge in [-0.25, -0.2) is 14.4 Å². The van der Waals surface area contributed by atoms with Crippen molar-refractivity contribution in [3.63, 3.8) is 0 Å². The van der Waals surface area contributed by atoms with Crippen LogP contribution in [0.3, 0.4) is 0 Å². The maximum atomic E-state index is 15.3. The number of carbonyl (C=O) groups excluding carboxylic acids is 1. The Labute approximate surface area is 262 Å². The Morgan fingerprint density at radius 2 is 1.93 bits per heavy atom. The van der Waals surface area contributed by atoms with E-state index in [0.29, 0.717) is 31.0 Å². The minimum absolute atomic E-state index is 0.0105. The van der Waals surface area contributed by atoms with Crippen molar-refractivity contribution in [3.8, 4) is 17.6 Å². The van der Waals surface area contributed by atoms with Crippen LogP contribution in [0.2, 0.25) is 0 Å². The topological polar surface area (TPSA) is 156 Å². The number of aromatic nitrogens is 2. The number of anilines is 2. The number of nitrogen functional groups attached to an aromatic ring is 1. The quantitative estimate of drug-likeness (QED) is 0.160. The number of hydrogen-bond acceptors (Lipinski definition) is 10. The molecule has 2 fully saturated rings. The molecule has 1 aromatic heterocycles. The molecular formula is C33H38FN9O2. The van der Waals surface area contributed by atoms with Gasteiger partial charge in [-0.15, -0.1) is 0 Å². The minimum atomic E-state index is -0.656. The molecule has 0 aliphatic carbocycles. The molecular weight excluding hydrogens is 573 g/mol. The summed E-state index contributed by atoms with van der Waals surface area (Å²) < 4.78 is 21.0. The Hall–Kier alpha value is -4.86. The van der Waals surface area contributed by atoms with Gasteiger partial charge >= 0.3 is 0 Å². The normalized spacial score (nSPS) is 17.8. The van der Waals surface area contributed by atoms with Crippen LogP contribution in [0.5, 0.6) is 11.5 Å². The summed E-state index contributed by atoms with van der Waals surface area (Å²) in [6, 6.07) is 15.2. The molecule has 0 bridgehead atoms. The van der Waals surface area contributed by atoms with E-state index < -0.39 is 11.4 Å². The highest BCUT2D eigenvalue weighted by molar-refractivity contribution is 6.16. The van der Waals surface area contributed by atoms with Crippen molar-refractivity contribution in [1.82, 2.24) is 25.1 Å². The molecule has 5 rings (SSSR count). The molecule has 12 heteroatoms. The first-order valence-corrected chi connectivity index (χ1v) is 15.0. The summed E-state index contributed by atoms with van der Waals surface area (Å²) in [5, 5.41) is 25.4. The van der Waals surface area contributed by atoms with E-state index in [1.807, 2.05) is 32.0 Å². The lowest BCUT2D eigenvalue weighted by Gasteiger charge is -2.39. The van der Waals surface area contributed by atoms with Gasteiger partial charge in [0.1, 0.15) is 46.9 Å². The number of hydrogen-bond donors (Lipinski definition) is 4. The van der Waals surface area contributed by atoms with E-state index in [-0.39, 0.29) is 46.0 Å². The third-order valence-electron chi connectivity index (χ3n) is 8.15. The molecule has 5 N–H and O–H groups in total. The van der Waals surface area contributed by atoms with Crippen LogP contribution >= 0.6 is 0 Å². The van der Waals surface area contributed by atoms with Gasteiger partial charge in [0.05, 0.1) is 11.3 Å². The fourth-order valence-electron chi connectivity index (χ4n) is 5.75. The molecule has 0 radical (unpaired) electrons. The van der Waals surface area contributed by atoms with Gasteiger partial charge in [-0.3, -0.25) is 15.1 Å². The number of amides is 1. The Balaban J connectivity index is 1.31. The van der Waals surface area contributed by atoms with Crippen LogP contribution in [0.25, 0.3) is 0 Å². The molecule has 234 valence electrons. The third-order valence-corrected chi connectivity index (χ3v) is 8.15. The number of rotatable bonds is 9. The van der Waals surface area contributed by atoms with Crippen LogP contribution < -0.4 is 21.1 Å². The molecule has 11 nitrogen and oxygen atoms in total. The van der Waals surface area contributed by atoms with Gasteiger partial charge in [0.2, 0.25) is 0 Å². The number of piperidine rings is 1. The monoisotopic (exact) mass is 611 g/mol. The first-order valence-electron chi connectivity index (χ1n) is 15.0. The molecule has 2 saturated heterocycles. The average Bonchev–Trinajstić information content (AvgIpc) is 3.04. The Bertz CT molecular complexity index is 1610. The predicted octanol–water partition coefficient (Wildman–Crippen LogP) is 3.94. The van der Waals surface area contributed by atoms with Crippen LogP contribution in [0.1, 0.15) is 37.8 Å². The Kier molecular flexibility index (Phi) is 9.71. The zero-order valence-corrected chi connectivity index (χ0v) is 25.5. The Morgan fingerprint density at radius 3 is 2.64 bits per heavy atom. The van der Waals surface area contributed by atoms with Crippen molar-refractivity contribution in [2.24, 2.45) is 0 Å². The van der Waals surface area contributed by atoms with E-state index in [4.69, 9.17) is 15.9 Å². The molecule has 0 spiro atoms. The zero-order chi connectivity index (χ0) is 32.0. The largest absolute Gasteiger partial charge is 0.457 e. The van der Waals surface area contributed by atoms with Crippen LogP contribution in [-0.2, 0) is 4.79 Å². The Morgan fingerprint density at radius 1 is 1.18 bits per heavy atom. The summed E-state index contributed by atoms with van der Waals surface area (Å²) in [4.78, 5) is 25.9. The number of benzene rings is 2. The van der Waals surface area contributed by atoms with Crippen molar-refractivity contribution in [1.29, 1.82) is 10.7 Å². The van der Waals surface area contributed by atoms with Crippen molar-refractivity contribution in [2.75, 3.05) is 50.3 Å². The summed E-state index contributed by atoms with van der Waals surface area (Å²) in [6.07, 6.45) is 4.47. The SMILES string of the molecule is CC(C)(/C=C(/C#N)C(=O)N1CCCC(Nc2ncnc(N)c2C(=N)c2ccc(Oc3ccccc3)cc2F)C1)N1CCNCC1. The number of nitriles is 1. The lowest BCUT2D eigenvalue weighted by molar-refractivity contribution is -0.127. The maximum Gasteiger partial charge on any atom is 0.264 e. The minimum Gasteiger partial charge on any atom is -0.457 e. The highest BCUT2D eigenvalue weighted by atomic mass is 19.1. The van der Waals surface area contributed by atoms with Gasteiger partial charge in [0, 0.05) is 62.5 Å². The van der Waals surface area contributed by atoms with E-state index in [9.17, 15) is 10.1 Å². The number of nitrogens with one attached hydrogen (secondary N) is 3. The van der Waals surface area contributed by atoms with Crippen molar-refractivity contribution in [3.05, 3.63) is 83.5 Å². The molecule has 1 atom stereocenters. The molecule has 1 unspecified atom stereocenters.